The highest BCUT2D eigenvalue weighted by atomic mass is 16.6. The summed E-state index contributed by atoms with van der Waals surface area (Å²) < 4.78 is 0. The summed E-state index contributed by atoms with van der Waals surface area (Å²) in [7, 11) is 0. The zero-order chi connectivity index (χ0) is 14.5. The van der Waals surface area contributed by atoms with Crippen molar-refractivity contribution >= 4 is 5.69 Å². The third-order valence-electron chi connectivity index (χ3n) is 4.27. The van der Waals surface area contributed by atoms with Crippen molar-refractivity contribution in [2.75, 3.05) is 13.1 Å². The number of aliphatic hydroxyl groups is 1. The van der Waals surface area contributed by atoms with E-state index in [0.29, 0.717) is 18.0 Å². The maximum Gasteiger partial charge on any atom is 0.269 e. The largest absolute Gasteiger partial charge is 0.387 e. The summed E-state index contributed by atoms with van der Waals surface area (Å²) in [6, 6.07) is 6.08. The van der Waals surface area contributed by atoms with Crippen molar-refractivity contribution in [3.63, 3.8) is 0 Å². The topological polar surface area (TPSA) is 75.4 Å². The van der Waals surface area contributed by atoms with Crippen molar-refractivity contribution in [1.82, 2.24) is 5.32 Å². The predicted molar refractivity (Wildman–Crippen MR) is 77.4 cm³/mol. The molecule has 1 aromatic carbocycles. The van der Waals surface area contributed by atoms with Gasteiger partial charge in [-0.1, -0.05) is 19.8 Å². The van der Waals surface area contributed by atoms with Gasteiger partial charge in [-0.15, -0.1) is 0 Å². The summed E-state index contributed by atoms with van der Waals surface area (Å²) in [6.07, 6.45) is 3.25. The Morgan fingerprint density at radius 3 is 2.65 bits per heavy atom. The average molecular weight is 278 g/mol. The molecule has 0 saturated heterocycles. The standard InChI is InChI=1S/C15H22N2O3/c1-11-3-2-4-13(11)9-16-10-15(18)12-5-7-14(8-6-12)17(19)20/h5-8,11,13,15-16,18H,2-4,9-10H2,1H3. The Kier molecular flexibility index (Phi) is 5.09. The molecule has 1 aliphatic carbocycles. The van der Waals surface area contributed by atoms with Crippen molar-refractivity contribution in [3.8, 4) is 0 Å². The molecule has 5 heteroatoms. The quantitative estimate of drug-likeness (QED) is 0.619. The molecular formula is C15H22N2O3. The Morgan fingerprint density at radius 1 is 1.40 bits per heavy atom. The van der Waals surface area contributed by atoms with Crippen molar-refractivity contribution in [1.29, 1.82) is 0 Å². The summed E-state index contributed by atoms with van der Waals surface area (Å²) in [5, 5.41) is 23.9. The van der Waals surface area contributed by atoms with Crippen molar-refractivity contribution < 1.29 is 10.0 Å². The molecule has 20 heavy (non-hydrogen) atoms. The number of rotatable bonds is 6. The van der Waals surface area contributed by atoms with Crippen LogP contribution in [0.2, 0.25) is 0 Å². The number of nitrogens with zero attached hydrogens (tertiary/aromatic N) is 1. The van der Waals surface area contributed by atoms with Gasteiger partial charge in [0, 0.05) is 18.7 Å². The van der Waals surface area contributed by atoms with E-state index in [-0.39, 0.29) is 5.69 Å². The SMILES string of the molecule is CC1CCCC1CNCC(O)c1ccc([N+](=O)[O-])cc1. The van der Waals surface area contributed by atoms with Crippen LogP contribution in [-0.4, -0.2) is 23.1 Å². The minimum Gasteiger partial charge on any atom is -0.387 e. The van der Waals surface area contributed by atoms with Gasteiger partial charge in [0.05, 0.1) is 11.0 Å². The smallest absolute Gasteiger partial charge is 0.269 e. The first kappa shape index (κ1) is 14.9. The van der Waals surface area contributed by atoms with Crippen LogP contribution in [0.5, 0.6) is 0 Å². The first-order chi connectivity index (χ1) is 9.58. The fourth-order valence-electron chi connectivity index (χ4n) is 2.87. The summed E-state index contributed by atoms with van der Waals surface area (Å²) in [4.78, 5) is 10.1. The number of hydrogen-bond acceptors (Lipinski definition) is 4. The molecular weight excluding hydrogens is 256 g/mol. The molecule has 2 N–H and O–H groups in total. The van der Waals surface area contributed by atoms with Crippen LogP contribution in [0.25, 0.3) is 0 Å². The zero-order valence-electron chi connectivity index (χ0n) is 11.8. The second kappa shape index (κ2) is 6.81. The highest BCUT2D eigenvalue weighted by molar-refractivity contribution is 5.33. The Morgan fingerprint density at radius 2 is 2.10 bits per heavy atom. The zero-order valence-corrected chi connectivity index (χ0v) is 11.8. The second-order valence-electron chi connectivity index (χ2n) is 5.69. The highest BCUT2D eigenvalue weighted by Gasteiger charge is 2.22. The van der Waals surface area contributed by atoms with Crippen molar-refractivity contribution in [2.24, 2.45) is 11.8 Å². The maximum atomic E-state index is 10.6. The van der Waals surface area contributed by atoms with Gasteiger partial charge in [-0.2, -0.15) is 0 Å². The molecule has 0 heterocycles. The molecule has 1 aliphatic rings. The second-order valence-corrected chi connectivity index (χ2v) is 5.69. The summed E-state index contributed by atoms with van der Waals surface area (Å²) >= 11 is 0. The number of nitro groups is 1. The molecule has 1 saturated carbocycles. The van der Waals surface area contributed by atoms with Crippen molar-refractivity contribution in [3.05, 3.63) is 39.9 Å². The van der Waals surface area contributed by atoms with Gasteiger partial charge in [0.1, 0.15) is 0 Å². The molecule has 0 bridgehead atoms. The summed E-state index contributed by atoms with van der Waals surface area (Å²) in [5.74, 6) is 1.47. The molecule has 2 rings (SSSR count). The molecule has 0 radical (unpaired) electrons. The highest BCUT2D eigenvalue weighted by Crippen LogP contribution is 2.30. The third kappa shape index (κ3) is 3.77. The van der Waals surface area contributed by atoms with Gasteiger partial charge in [-0.3, -0.25) is 10.1 Å². The minimum atomic E-state index is -0.618. The Labute approximate surface area is 119 Å². The molecule has 5 nitrogen and oxygen atoms in total. The summed E-state index contributed by atoms with van der Waals surface area (Å²) in [5.41, 5.74) is 0.760. The van der Waals surface area contributed by atoms with E-state index in [0.717, 1.165) is 12.5 Å². The van der Waals surface area contributed by atoms with E-state index in [9.17, 15) is 15.2 Å². The molecule has 0 aromatic heterocycles. The van der Waals surface area contributed by atoms with Gasteiger partial charge in [-0.25, -0.2) is 0 Å². The van der Waals surface area contributed by atoms with Gasteiger partial charge in [0.2, 0.25) is 0 Å². The van der Waals surface area contributed by atoms with E-state index in [1.54, 1.807) is 12.1 Å². The first-order valence-electron chi connectivity index (χ1n) is 7.21. The Bertz CT molecular complexity index is 447. The van der Waals surface area contributed by atoms with Gasteiger partial charge in [0.25, 0.3) is 5.69 Å². The summed E-state index contributed by atoms with van der Waals surface area (Å²) in [6.45, 7) is 3.71. The molecule has 1 fully saturated rings. The van der Waals surface area contributed by atoms with E-state index >= 15 is 0 Å². The first-order valence-corrected chi connectivity index (χ1v) is 7.21. The Balaban J connectivity index is 1.79. The molecule has 0 amide bonds. The maximum absolute atomic E-state index is 10.6. The van der Waals surface area contributed by atoms with Gasteiger partial charge in [0.15, 0.2) is 0 Å². The fourth-order valence-corrected chi connectivity index (χ4v) is 2.87. The van der Waals surface area contributed by atoms with Crippen LogP contribution in [0.3, 0.4) is 0 Å². The van der Waals surface area contributed by atoms with Crippen LogP contribution in [0.1, 0.15) is 37.9 Å². The monoisotopic (exact) mass is 278 g/mol. The Hall–Kier alpha value is -1.46. The number of nitrogens with one attached hydrogen (secondary N) is 1. The fraction of sp³-hybridized carbons (Fsp3) is 0.600. The lowest BCUT2D eigenvalue weighted by molar-refractivity contribution is -0.384. The van der Waals surface area contributed by atoms with E-state index < -0.39 is 11.0 Å². The van der Waals surface area contributed by atoms with Crippen LogP contribution < -0.4 is 5.32 Å². The molecule has 3 unspecified atom stereocenters. The lowest BCUT2D eigenvalue weighted by Crippen LogP contribution is -2.28. The minimum absolute atomic E-state index is 0.0497. The molecule has 1 aromatic rings. The normalized spacial score (nSPS) is 23.7. The van der Waals surface area contributed by atoms with Crippen LogP contribution in [0.15, 0.2) is 24.3 Å². The number of non-ortho nitro benzene ring substituents is 1. The lowest BCUT2D eigenvalue weighted by atomic mass is 9.98. The van der Waals surface area contributed by atoms with Crippen LogP contribution >= 0.6 is 0 Å². The number of nitro benzene ring substituents is 1. The average Bonchev–Trinajstić information content (AvgIpc) is 2.84. The van der Waals surface area contributed by atoms with Gasteiger partial charge in [-0.05, 0) is 42.5 Å². The molecule has 0 aliphatic heterocycles. The van der Waals surface area contributed by atoms with Gasteiger partial charge < -0.3 is 10.4 Å². The van der Waals surface area contributed by atoms with E-state index in [2.05, 4.69) is 12.2 Å². The van der Waals surface area contributed by atoms with E-state index in [1.807, 2.05) is 0 Å². The number of aliphatic hydroxyl groups excluding tert-OH is 1. The molecule has 110 valence electrons. The number of hydrogen-bond donors (Lipinski definition) is 2. The van der Waals surface area contributed by atoms with Crippen LogP contribution in [0.4, 0.5) is 5.69 Å². The van der Waals surface area contributed by atoms with Gasteiger partial charge >= 0.3 is 0 Å². The lowest BCUT2D eigenvalue weighted by Gasteiger charge is -2.18. The third-order valence-corrected chi connectivity index (χ3v) is 4.27. The van der Waals surface area contributed by atoms with E-state index in [1.165, 1.54) is 31.4 Å². The van der Waals surface area contributed by atoms with Crippen LogP contribution in [0, 0.1) is 22.0 Å². The predicted octanol–water partition coefficient (Wildman–Crippen LogP) is 2.65. The molecule has 3 atom stereocenters. The number of benzene rings is 1. The van der Waals surface area contributed by atoms with Crippen molar-refractivity contribution in [2.45, 2.75) is 32.3 Å². The van der Waals surface area contributed by atoms with E-state index in [4.69, 9.17) is 0 Å². The molecule has 0 spiro atoms. The van der Waals surface area contributed by atoms with Crippen LogP contribution in [-0.2, 0) is 0 Å².